The number of benzene rings is 2. The van der Waals surface area contributed by atoms with Crippen molar-refractivity contribution in [3.05, 3.63) is 48.0 Å². The predicted octanol–water partition coefficient (Wildman–Crippen LogP) is 3.09. The summed E-state index contributed by atoms with van der Waals surface area (Å²) >= 11 is 0. The number of esters is 1. The molecule has 9 nitrogen and oxygen atoms in total. The molecule has 0 unspecified atom stereocenters. The average Bonchev–Trinajstić information content (AvgIpc) is 2.75. The summed E-state index contributed by atoms with van der Waals surface area (Å²) in [7, 11) is -7.90. The number of carbonyl (C=O) groups is 1. The fourth-order valence-corrected chi connectivity index (χ4v) is 5.48. The fraction of sp³-hybridized carbons (Fsp3) is 0.381. The fourth-order valence-electron chi connectivity index (χ4n) is 2.93. The molecule has 0 radical (unpaired) electrons. The van der Waals surface area contributed by atoms with Crippen LogP contribution in [-0.4, -0.2) is 53.4 Å². The van der Waals surface area contributed by atoms with E-state index in [0.717, 1.165) is 0 Å². The van der Waals surface area contributed by atoms with Gasteiger partial charge in [-0.1, -0.05) is 13.8 Å². The maximum Gasteiger partial charge on any atom is 0.338 e. The number of sulfonamides is 2. The van der Waals surface area contributed by atoms with E-state index in [1.807, 2.05) is 0 Å². The molecule has 11 heteroatoms. The van der Waals surface area contributed by atoms with Crippen LogP contribution in [-0.2, 0) is 24.8 Å². The van der Waals surface area contributed by atoms with Crippen molar-refractivity contribution in [3.63, 3.8) is 0 Å². The van der Waals surface area contributed by atoms with Gasteiger partial charge in [0.25, 0.3) is 10.0 Å². The standard InChI is InChI=1S/C21H28N2O7S2/c1-5-23(6-2)32(27,28)18-13-14-20(29-7-3)19(15-18)22-31(25,26)17-11-9-16(10-12-17)21(24)30-8-4/h9-15,22H,5-8H2,1-4H3. The maximum absolute atomic E-state index is 12.9. The quantitative estimate of drug-likeness (QED) is 0.487. The first kappa shape index (κ1) is 25.6. The SMILES string of the molecule is CCOC(=O)c1ccc(S(=O)(=O)Nc2cc(S(=O)(=O)N(CC)CC)ccc2OCC)cc1. The highest BCUT2D eigenvalue weighted by atomic mass is 32.2. The first-order chi connectivity index (χ1) is 15.1. The van der Waals surface area contributed by atoms with Crippen molar-refractivity contribution in [1.29, 1.82) is 0 Å². The van der Waals surface area contributed by atoms with E-state index in [4.69, 9.17) is 9.47 Å². The lowest BCUT2D eigenvalue weighted by Crippen LogP contribution is -2.30. The summed E-state index contributed by atoms with van der Waals surface area (Å²) < 4.78 is 65.6. The molecule has 176 valence electrons. The van der Waals surface area contributed by atoms with E-state index >= 15 is 0 Å². The second-order valence-electron chi connectivity index (χ2n) is 6.53. The number of rotatable bonds is 11. The largest absolute Gasteiger partial charge is 0.492 e. The van der Waals surface area contributed by atoms with E-state index in [-0.39, 0.29) is 53.1 Å². The van der Waals surface area contributed by atoms with Crippen LogP contribution in [0.4, 0.5) is 5.69 Å². The number of hydrogen-bond donors (Lipinski definition) is 1. The number of ether oxygens (including phenoxy) is 2. The lowest BCUT2D eigenvalue weighted by Gasteiger charge is -2.20. The van der Waals surface area contributed by atoms with Crippen LogP contribution in [0.1, 0.15) is 38.1 Å². The minimum atomic E-state index is -4.09. The van der Waals surface area contributed by atoms with Crippen LogP contribution in [0.5, 0.6) is 5.75 Å². The van der Waals surface area contributed by atoms with Crippen molar-refractivity contribution < 1.29 is 31.1 Å². The van der Waals surface area contributed by atoms with Crippen molar-refractivity contribution in [2.45, 2.75) is 37.5 Å². The first-order valence-electron chi connectivity index (χ1n) is 10.2. The van der Waals surface area contributed by atoms with Gasteiger partial charge in [0, 0.05) is 13.1 Å². The number of hydrogen-bond acceptors (Lipinski definition) is 7. The van der Waals surface area contributed by atoms with Crippen molar-refractivity contribution >= 4 is 31.7 Å². The molecule has 0 aliphatic carbocycles. The van der Waals surface area contributed by atoms with Gasteiger partial charge in [-0.05, 0) is 56.3 Å². The van der Waals surface area contributed by atoms with Gasteiger partial charge < -0.3 is 9.47 Å². The van der Waals surface area contributed by atoms with Crippen LogP contribution >= 0.6 is 0 Å². The minimum Gasteiger partial charge on any atom is -0.492 e. The Hall–Kier alpha value is -2.63. The van der Waals surface area contributed by atoms with Gasteiger partial charge in [0.15, 0.2) is 0 Å². The molecule has 2 aromatic rings. The summed E-state index contributed by atoms with van der Waals surface area (Å²) in [4.78, 5) is 11.6. The molecule has 0 saturated heterocycles. The van der Waals surface area contributed by atoms with Crippen LogP contribution in [0.3, 0.4) is 0 Å². The van der Waals surface area contributed by atoms with Crippen LogP contribution in [0.2, 0.25) is 0 Å². The van der Waals surface area contributed by atoms with Gasteiger partial charge in [0.05, 0.1) is 34.3 Å². The Balaban J connectivity index is 2.44. The topological polar surface area (TPSA) is 119 Å². The molecule has 0 saturated carbocycles. The van der Waals surface area contributed by atoms with Crippen LogP contribution in [0, 0.1) is 0 Å². The maximum atomic E-state index is 12.9. The molecular formula is C21H28N2O7S2. The van der Waals surface area contributed by atoms with E-state index in [1.165, 1.54) is 46.8 Å². The lowest BCUT2D eigenvalue weighted by atomic mass is 10.2. The summed E-state index contributed by atoms with van der Waals surface area (Å²) in [5, 5.41) is 0. The molecule has 0 heterocycles. The van der Waals surface area contributed by atoms with E-state index in [9.17, 15) is 21.6 Å². The Kier molecular flexibility index (Phi) is 8.65. The molecule has 0 aliphatic rings. The van der Waals surface area contributed by atoms with Crippen molar-refractivity contribution in [2.24, 2.45) is 0 Å². The Morgan fingerprint density at radius 3 is 2.00 bits per heavy atom. The molecule has 1 N–H and O–H groups in total. The number of carbonyl (C=O) groups excluding carboxylic acids is 1. The molecule has 2 rings (SSSR count). The van der Waals surface area contributed by atoms with Gasteiger partial charge in [-0.15, -0.1) is 0 Å². The number of nitrogens with one attached hydrogen (secondary N) is 1. The highest BCUT2D eigenvalue weighted by Gasteiger charge is 2.25. The van der Waals surface area contributed by atoms with Gasteiger partial charge in [-0.2, -0.15) is 4.31 Å². The third kappa shape index (κ3) is 5.78. The summed E-state index contributed by atoms with van der Waals surface area (Å²) in [6, 6.07) is 9.26. The summed E-state index contributed by atoms with van der Waals surface area (Å²) in [6.45, 7) is 7.86. The molecule has 0 aromatic heterocycles. The smallest absolute Gasteiger partial charge is 0.338 e. The zero-order valence-electron chi connectivity index (χ0n) is 18.5. The number of nitrogens with zero attached hydrogens (tertiary/aromatic N) is 1. The highest BCUT2D eigenvalue weighted by Crippen LogP contribution is 2.31. The van der Waals surface area contributed by atoms with Gasteiger partial charge in [0.2, 0.25) is 10.0 Å². The second kappa shape index (κ2) is 10.8. The molecule has 2 aromatic carbocycles. The Bertz CT molecular complexity index is 1140. The van der Waals surface area contributed by atoms with Crippen LogP contribution in [0.15, 0.2) is 52.3 Å². The monoisotopic (exact) mass is 484 g/mol. The Labute approximate surface area is 189 Å². The lowest BCUT2D eigenvalue weighted by molar-refractivity contribution is 0.0526. The average molecular weight is 485 g/mol. The summed E-state index contributed by atoms with van der Waals surface area (Å²) in [6.07, 6.45) is 0. The Morgan fingerprint density at radius 1 is 0.875 bits per heavy atom. The van der Waals surface area contributed by atoms with E-state index < -0.39 is 26.0 Å². The van der Waals surface area contributed by atoms with Gasteiger partial charge in [0.1, 0.15) is 5.75 Å². The predicted molar refractivity (Wildman–Crippen MR) is 121 cm³/mol. The molecule has 0 fully saturated rings. The molecule has 32 heavy (non-hydrogen) atoms. The Morgan fingerprint density at radius 2 is 1.47 bits per heavy atom. The van der Waals surface area contributed by atoms with Crippen LogP contribution in [0.25, 0.3) is 0 Å². The summed E-state index contributed by atoms with van der Waals surface area (Å²) in [5.74, 6) is -0.366. The van der Waals surface area contributed by atoms with Gasteiger partial charge in [-0.3, -0.25) is 4.72 Å². The third-order valence-corrected chi connectivity index (χ3v) is 7.94. The van der Waals surface area contributed by atoms with Crippen molar-refractivity contribution in [1.82, 2.24) is 4.31 Å². The molecule has 0 aliphatic heterocycles. The molecular weight excluding hydrogens is 456 g/mol. The highest BCUT2D eigenvalue weighted by molar-refractivity contribution is 7.92. The zero-order valence-corrected chi connectivity index (χ0v) is 20.1. The van der Waals surface area contributed by atoms with Gasteiger partial charge in [-0.25, -0.2) is 21.6 Å². The van der Waals surface area contributed by atoms with E-state index in [2.05, 4.69) is 4.72 Å². The minimum absolute atomic E-state index is 0.00505. The molecule has 0 bridgehead atoms. The summed E-state index contributed by atoms with van der Waals surface area (Å²) in [5.41, 5.74) is 0.211. The molecule has 0 amide bonds. The molecule has 0 spiro atoms. The normalized spacial score (nSPS) is 11.9. The van der Waals surface area contributed by atoms with Gasteiger partial charge >= 0.3 is 5.97 Å². The first-order valence-corrected chi connectivity index (χ1v) is 13.1. The third-order valence-electron chi connectivity index (χ3n) is 4.51. The van der Waals surface area contributed by atoms with E-state index in [0.29, 0.717) is 0 Å². The van der Waals surface area contributed by atoms with E-state index in [1.54, 1.807) is 27.7 Å². The van der Waals surface area contributed by atoms with Crippen molar-refractivity contribution in [2.75, 3.05) is 31.0 Å². The van der Waals surface area contributed by atoms with Crippen LogP contribution < -0.4 is 9.46 Å². The second-order valence-corrected chi connectivity index (χ2v) is 10.2. The zero-order chi connectivity index (χ0) is 23.9. The van der Waals surface area contributed by atoms with Crippen molar-refractivity contribution in [3.8, 4) is 5.75 Å². The number of anilines is 1. The molecule has 0 atom stereocenters.